The molecular formula is C15H20Cl2N2O. The number of likely N-dealkylation sites (tertiary alicyclic amines) is 1. The number of nitrogens with zero attached hydrogens (tertiary/aromatic N) is 1. The predicted octanol–water partition coefficient (Wildman–Crippen LogP) is 3.18. The van der Waals surface area contributed by atoms with Crippen molar-refractivity contribution >= 4 is 29.9 Å². The van der Waals surface area contributed by atoms with Crippen molar-refractivity contribution in [3.8, 4) is 0 Å². The molecule has 1 unspecified atom stereocenters. The van der Waals surface area contributed by atoms with Crippen LogP contribution < -0.4 is 5.32 Å². The molecule has 0 aromatic heterocycles. The fourth-order valence-electron chi connectivity index (χ4n) is 3.19. The minimum Gasteiger partial charge on any atom is -0.334 e. The number of hydrogen-bond donors (Lipinski definition) is 1. The van der Waals surface area contributed by atoms with Crippen molar-refractivity contribution in [3.05, 3.63) is 34.9 Å². The summed E-state index contributed by atoms with van der Waals surface area (Å²) in [5.74, 6) is 0.264. The number of rotatable bonds is 2. The van der Waals surface area contributed by atoms with Crippen LogP contribution in [0.5, 0.6) is 0 Å². The molecule has 5 heteroatoms. The van der Waals surface area contributed by atoms with Gasteiger partial charge in [0.1, 0.15) is 0 Å². The SMILES string of the molecule is Cl.O=C([C@@H]1CCCN1)N1CCCC1c1cccc(Cl)c1. The molecular weight excluding hydrogens is 295 g/mol. The number of benzene rings is 1. The average Bonchev–Trinajstić information content (AvgIpc) is 3.09. The number of hydrogen-bond acceptors (Lipinski definition) is 2. The lowest BCUT2D eigenvalue weighted by Crippen LogP contribution is -2.43. The third-order valence-electron chi connectivity index (χ3n) is 4.13. The van der Waals surface area contributed by atoms with E-state index in [1.807, 2.05) is 23.1 Å². The Labute approximate surface area is 131 Å². The van der Waals surface area contributed by atoms with Crippen molar-refractivity contribution in [2.24, 2.45) is 0 Å². The standard InChI is InChI=1S/C15H19ClN2O.ClH/c16-12-5-1-4-11(10-12)14-7-3-9-18(14)15(19)13-6-2-8-17-13;/h1,4-5,10,13-14,17H,2-3,6-9H2;1H/t13-,14?;/m0./s1. The van der Waals surface area contributed by atoms with Gasteiger partial charge in [-0.3, -0.25) is 4.79 Å². The second-order valence-electron chi connectivity index (χ2n) is 5.39. The normalized spacial score (nSPS) is 25.6. The Kier molecular flexibility index (Phi) is 5.30. The molecule has 2 heterocycles. The Balaban J connectivity index is 0.00000147. The molecule has 0 radical (unpaired) electrons. The molecule has 1 amide bonds. The van der Waals surface area contributed by atoms with Crippen LogP contribution in [-0.4, -0.2) is 29.9 Å². The van der Waals surface area contributed by atoms with Gasteiger partial charge in [-0.25, -0.2) is 0 Å². The van der Waals surface area contributed by atoms with Crippen molar-refractivity contribution in [2.45, 2.75) is 37.8 Å². The molecule has 1 N–H and O–H groups in total. The Morgan fingerprint density at radius 3 is 2.85 bits per heavy atom. The summed E-state index contributed by atoms with van der Waals surface area (Å²) in [7, 11) is 0. The minimum absolute atomic E-state index is 0. The first-order chi connectivity index (χ1) is 9.25. The lowest BCUT2D eigenvalue weighted by atomic mass is 10.0. The highest BCUT2D eigenvalue weighted by atomic mass is 35.5. The highest BCUT2D eigenvalue weighted by Gasteiger charge is 2.34. The van der Waals surface area contributed by atoms with E-state index in [2.05, 4.69) is 11.4 Å². The monoisotopic (exact) mass is 314 g/mol. The predicted molar refractivity (Wildman–Crippen MR) is 83.4 cm³/mol. The molecule has 110 valence electrons. The van der Waals surface area contributed by atoms with Gasteiger partial charge in [-0.1, -0.05) is 23.7 Å². The maximum atomic E-state index is 12.5. The van der Waals surface area contributed by atoms with Crippen LogP contribution in [0.4, 0.5) is 0 Å². The third kappa shape index (κ3) is 3.11. The van der Waals surface area contributed by atoms with Crippen LogP contribution in [0.3, 0.4) is 0 Å². The van der Waals surface area contributed by atoms with E-state index in [4.69, 9.17) is 11.6 Å². The molecule has 3 nitrogen and oxygen atoms in total. The van der Waals surface area contributed by atoms with Crippen LogP contribution in [0.2, 0.25) is 5.02 Å². The van der Waals surface area contributed by atoms with E-state index in [0.29, 0.717) is 0 Å². The molecule has 0 spiro atoms. The largest absolute Gasteiger partial charge is 0.334 e. The second-order valence-corrected chi connectivity index (χ2v) is 5.83. The number of amides is 1. The fraction of sp³-hybridized carbons (Fsp3) is 0.533. The van der Waals surface area contributed by atoms with Crippen molar-refractivity contribution in [2.75, 3.05) is 13.1 Å². The summed E-state index contributed by atoms with van der Waals surface area (Å²) in [4.78, 5) is 14.6. The van der Waals surface area contributed by atoms with E-state index in [9.17, 15) is 4.79 Å². The summed E-state index contributed by atoms with van der Waals surface area (Å²) in [5, 5.41) is 4.05. The van der Waals surface area contributed by atoms with Crippen molar-refractivity contribution in [1.82, 2.24) is 10.2 Å². The molecule has 1 aromatic carbocycles. The summed E-state index contributed by atoms with van der Waals surface area (Å²) in [6.07, 6.45) is 4.19. The van der Waals surface area contributed by atoms with Crippen LogP contribution in [0.15, 0.2) is 24.3 Å². The van der Waals surface area contributed by atoms with E-state index in [1.165, 1.54) is 0 Å². The van der Waals surface area contributed by atoms with Gasteiger partial charge in [0.25, 0.3) is 0 Å². The molecule has 2 aliphatic rings. The Bertz CT molecular complexity index is 475. The molecule has 2 fully saturated rings. The number of halogens is 2. The van der Waals surface area contributed by atoms with Gasteiger partial charge in [-0.05, 0) is 49.9 Å². The topological polar surface area (TPSA) is 32.3 Å². The lowest BCUT2D eigenvalue weighted by molar-refractivity contribution is -0.134. The molecule has 2 aliphatic heterocycles. The maximum Gasteiger partial charge on any atom is 0.240 e. The number of carbonyl (C=O) groups excluding carboxylic acids is 1. The first-order valence-corrected chi connectivity index (χ1v) is 7.43. The van der Waals surface area contributed by atoms with Gasteiger partial charge in [-0.2, -0.15) is 0 Å². The van der Waals surface area contributed by atoms with E-state index in [1.54, 1.807) is 0 Å². The smallest absolute Gasteiger partial charge is 0.240 e. The van der Waals surface area contributed by atoms with Gasteiger partial charge in [0, 0.05) is 11.6 Å². The molecule has 0 bridgehead atoms. The summed E-state index contributed by atoms with van der Waals surface area (Å²) in [6, 6.07) is 8.13. The zero-order valence-electron chi connectivity index (χ0n) is 11.3. The second kappa shape index (κ2) is 6.79. The van der Waals surface area contributed by atoms with Crippen LogP contribution in [0, 0.1) is 0 Å². The molecule has 1 aromatic rings. The average molecular weight is 315 g/mol. The zero-order chi connectivity index (χ0) is 13.2. The van der Waals surface area contributed by atoms with Gasteiger partial charge in [0.05, 0.1) is 12.1 Å². The highest BCUT2D eigenvalue weighted by molar-refractivity contribution is 6.30. The number of carbonyl (C=O) groups is 1. The molecule has 2 atom stereocenters. The molecule has 3 rings (SSSR count). The fourth-order valence-corrected chi connectivity index (χ4v) is 3.39. The van der Waals surface area contributed by atoms with E-state index >= 15 is 0 Å². The zero-order valence-corrected chi connectivity index (χ0v) is 12.9. The maximum absolute atomic E-state index is 12.5. The molecule has 0 saturated carbocycles. The van der Waals surface area contributed by atoms with Gasteiger partial charge in [0.15, 0.2) is 0 Å². The van der Waals surface area contributed by atoms with Crippen LogP contribution in [0.1, 0.15) is 37.3 Å². The Hall–Kier alpha value is -0.770. The van der Waals surface area contributed by atoms with Gasteiger partial charge in [-0.15, -0.1) is 12.4 Å². The van der Waals surface area contributed by atoms with Crippen LogP contribution in [0.25, 0.3) is 0 Å². The first-order valence-electron chi connectivity index (χ1n) is 7.05. The van der Waals surface area contributed by atoms with Crippen molar-refractivity contribution < 1.29 is 4.79 Å². The highest BCUT2D eigenvalue weighted by Crippen LogP contribution is 2.33. The molecule has 2 saturated heterocycles. The van der Waals surface area contributed by atoms with Crippen molar-refractivity contribution in [1.29, 1.82) is 0 Å². The summed E-state index contributed by atoms with van der Waals surface area (Å²) in [5.41, 5.74) is 1.16. The number of nitrogens with one attached hydrogen (secondary N) is 1. The Morgan fingerprint density at radius 1 is 1.30 bits per heavy atom. The summed E-state index contributed by atoms with van der Waals surface area (Å²) >= 11 is 6.06. The first kappa shape index (κ1) is 15.6. The van der Waals surface area contributed by atoms with E-state index < -0.39 is 0 Å². The van der Waals surface area contributed by atoms with Crippen molar-refractivity contribution in [3.63, 3.8) is 0 Å². The van der Waals surface area contributed by atoms with Crippen LogP contribution in [-0.2, 0) is 4.79 Å². The Morgan fingerprint density at radius 2 is 2.15 bits per heavy atom. The third-order valence-corrected chi connectivity index (χ3v) is 4.36. The molecule has 20 heavy (non-hydrogen) atoms. The van der Waals surface area contributed by atoms with Gasteiger partial charge in [0.2, 0.25) is 5.91 Å². The van der Waals surface area contributed by atoms with E-state index in [0.717, 1.165) is 49.4 Å². The van der Waals surface area contributed by atoms with Gasteiger partial charge < -0.3 is 10.2 Å². The van der Waals surface area contributed by atoms with E-state index in [-0.39, 0.29) is 30.4 Å². The summed E-state index contributed by atoms with van der Waals surface area (Å²) in [6.45, 7) is 1.83. The van der Waals surface area contributed by atoms with Crippen LogP contribution >= 0.6 is 24.0 Å². The lowest BCUT2D eigenvalue weighted by Gasteiger charge is -2.28. The quantitative estimate of drug-likeness (QED) is 0.909. The van der Waals surface area contributed by atoms with Gasteiger partial charge >= 0.3 is 0 Å². The molecule has 0 aliphatic carbocycles. The minimum atomic E-state index is 0. The summed E-state index contributed by atoms with van der Waals surface area (Å²) < 4.78 is 0.